The minimum atomic E-state index is -0.165. The third-order valence-corrected chi connectivity index (χ3v) is 31.4. The van der Waals surface area contributed by atoms with Crippen LogP contribution < -0.4 is 14.7 Å². The standard InChI is InChI=1S/C15H25N3.C14H21FN2.C14H27N3O.2C14H23N3.C14H22N2.C13H24N4.C12H19ClN4.C11H24N2/c1-15(2,3)18-12-10-17(11-13-18)9-6-14-4-7-16-8-5-14;1-14(2,3)17-10-8-16(9-11-17)13-6-4-12(15)5-7-13;1-14(2,3)17-10-8-15(9-11-17)12-13(18)16-6-4-5-7-16;1-14(2,3)17-10-8-16(9-11-17)12-13-4-6-15-7-5-13;1-14(2,3)17-9-7-16(8-10-17)12-13-5-4-6-15-11-13;1-14(2,3)16-11-9-15(10-12-16)13-7-5-4-6-8-13;1-13(2,3)17-10-8-15(9-11-17)6-7-16-5-4-14-12-16;1-12(2,3)17-6-4-16(5-7-17)11-9-14-8-10(13)15-11;1-5-6-12-7-9-13(10-8-12)11(2,3)4/h4-5,7-8H,6,9-13H2,1-3H3;4-7H,8-11H2,1-3H3;4-12H2,1-3H3;4-7H,8-12H2,1-3H3;4-6,11H,7-10,12H2,1-3H3;4-8H,9-12H2,1-3H3;4-5,12H,6-11H2,1-3H3;8-9H,4-7H2,1-3H3;5-10H2,1-4H3. The molecule has 10 aliphatic rings. The van der Waals surface area contributed by atoms with Gasteiger partial charge in [0.25, 0.3) is 0 Å². The number of para-hydroxylation sites is 1. The molecule has 842 valence electrons. The van der Waals surface area contributed by atoms with Crippen LogP contribution in [0.5, 0.6) is 0 Å². The number of piperazine rings is 9. The van der Waals surface area contributed by atoms with Gasteiger partial charge in [-0.2, -0.15) is 0 Å². The monoisotopic (exact) mass is 2100 g/mol. The number of aromatic nitrogens is 7. The number of rotatable bonds is 17. The topological polar surface area (TPSA) is 161 Å². The van der Waals surface area contributed by atoms with Crippen LogP contribution in [0.4, 0.5) is 21.6 Å². The van der Waals surface area contributed by atoms with Gasteiger partial charge in [-0.15, -0.1) is 0 Å². The molecule has 7 aromatic rings. The number of anilines is 3. The number of likely N-dealkylation sites (tertiary alicyclic amines) is 1. The van der Waals surface area contributed by atoms with E-state index in [0.29, 0.717) is 50.8 Å². The summed E-state index contributed by atoms with van der Waals surface area (Å²) in [6.07, 6.45) is 25.2. The van der Waals surface area contributed by atoms with Crippen LogP contribution in [-0.4, -0.2) is 444 Å². The number of hydrogen-bond donors (Lipinski definition) is 0. The van der Waals surface area contributed by atoms with Crippen LogP contribution >= 0.6 is 11.6 Å². The summed E-state index contributed by atoms with van der Waals surface area (Å²) in [4.78, 5) is 83.8. The second kappa shape index (κ2) is 60.8. The molecular weight excluding hydrogens is 1890 g/mol. The molecule has 1 amide bonds. The zero-order chi connectivity index (χ0) is 110. The fourth-order valence-corrected chi connectivity index (χ4v) is 21.0. The van der Waals surface area contributed by atoms with Crippen LogP contribution in [-0.2, 0) is 30.8 Å². The smallest absolute Gasteiger partial charge is 0.236 e. The largest absolute Gasteiger partial charge is 0.369 e. The van der Waals surface area contributed by atoms with Gasteiger partial charge in [-0.3, -0.25) is 88.4 Å². The third-order valence-electron chi connectivity index (χ3n) is 31.2. The summed E-state index contributed by atoms with van der Waals surface area (Å²) < 4.78 is 15.0. The molecular formula is C121H208ClFN26O. The molecule has 0 bridgehead atoms. The minimum absolute atomic E-state index is 0.165. The lowest BCUT2D eigenvalue weighted by Crippen LogP contribution is -2.54. The summed E-state index contributed by atoms with van der Waals surface area (Å²) in [5.74, 6) is 1.05. The van der Waals surface area contributed by atoms with Crippen LogP contribution in [0.3, 0.4) is 0 Å². The Morgan fingerprint density at radius 3 is 0.987 bits per heavy atom. The van der Waals surface area contributed by atoms with E-state index >= 15 is 0 Å². The van der Waals surface area contributed by atoms with Gasteiger partial charge < -0.3 is 34.0 Å². The van der Waals surface area contributed by atoms with Crippen molar-refractivity contribution in [2.24, 2.45) is 0 Å². The molecule has 0 radical (unpaired) electrons. The lowest BCUT2D eigenvalue weighted by atomic mass is 10.0. The van der Waals surface area contributed by atoms with Crippen molar-refractivity contribution in [1.29, 1.82) is 0 Å². The summed E-state index contributed by atoms with van der Waals surface area (Å²) in [5, 5.41) is 0.459. The van der Waals surface area contributed by atoms with Gasteiger partial charge in [-0.25, -0.2) is 14.4 Å². The van der Waals surface area contributed by atoms with Gasteiger partial charge in [0.15, 0.2) is 0 Å². The maximum absolute atomic E-state index is 12.8. The number of hydrogen-bond acceptors (Lipinski definition) is 25. The fourth-order valence-electron chi connectivity index (χ4n) is 20.9. The van der Waals surface area contributed by atoms with Crippen molar-refractivity contribution in [1.82, 2.24) is 113 Å². The van der Waals surface area contributed by atoms with E-state index in [0.717, 1.165) is 162 Å². The number of pyridine rings is 3. The SMILES string of the molecule is CC(C)(C)N1CCN(CC(=O)N2CCCC2)CC1.CC(C)(C)N1CCN(CCc2ccncc2)CC1.CC(C)(C)N1CCN(CCn2ccnc2)CC1.CC(C)(C)N1CCN(Cc2cccnc2)CC1.CC(C)(C)N1CCN(Cc2ccncc2)CC1.CC(C)(C)N1CCN(c2ccc(F)cc2)CC1.CC(C)(C)N1CCN(c2ccccc2)CC1.CC(C)(C)N1CCN(c2cncc(Cl)n2)CC1.CCCN1CCN(C(C)(C)C)CC1. The predicted octanol–water partition coefficient (Wildman–Crippen LogP) is 17.6. The average molecular weight is 2100 g/mol. The summed E-state index contributed by atoms with van der Waals surface area (Å²) in [6.45, 7) is 114. The third kappa shape index (κ3) is 46.2. The molecule has 10 aliphatic heterocycles. The molecule has 29 heteroatoms. The van der Waals surface area contributed by atoms with Gasteiger partial charge >= 0.3 is 0 Å². The lowest BCUT2D eigenvalue weighted by molar-refractivity contribution is -0.131. The van der Waals surface area contributed by atoms with Gasteiger partial charge in [-0.1, -0.05) is 42.8 Å². The van der Waals surface area contributed by atoms with E-state index in [1.807, 2.05) is 79.0 Å². The second-order valence-electron chi connectivity index (χ2n) is 51.5. The zero-order valence-electron chi connectivity index (χ0n) is 99.5. The number of nitrogens with zero attached hydrogens (tertiary/aromatic N) is 26. The van der Waals surface area contributed by atoms with E-state index < -0.39 is 0 Å². The van der Waals surface area contributed by atoms with Crippen molar-refractivity contribution in [3.8, 4) is 0 Å². The van der Waals surface area contributed by atoms with Crippen molar-refractivity contribution < 1.29 is 9.18 Å². The quantitative estimate of drug-likeness (QED) is 0.0846. The first-order valence-electron chi connectivity index (χ1n) is 57.3. The Balaban J connectivity index is 0.000000187. The van der Waals surface area contributed by atoms with Gasteiger partial charge in [0.05, 0.1) is 25.3 Å². The molecule has 27 nitrogen and oxygen atoms in total. The Morgan fingerprint density at radius 1 is 0.293 bits per heavy atom. The Kier molecular flexibility index (Phi) is 51.2. The highest BCUT2D eigenvalue weighted by Crippen LogP contribution is 2.29. The predicted molar refractivity (Wildman–Crippen MR) is 630 cm³/mol. The Labute approximate surface area is 916 Å². The number of carbonyl (C=O) groups is 1. The molecule has 2 aromatic carbocycles. The number of halogens is 2. The Morgan fingerprint density at radius 2 is 0.633 bits per heavy atom. The molecule has 10 saturated heterocycles. The maximum Gasteiger partial charge on any atom is 0.236 e. The summed E-state index contributed by atoms with van der Waals surface area (Å²) in [7, 11) is 0. The number of carbonyl (C=O) groups excluding carboxylic acids is 1. The molecule has 150 heavy (non-hydrogen) atoms. The van der Waals surface area contributed by atoms with Crippen LogP contribution in [0.2, 0.25) is 5.15 Å². The highest BCUT2D eigenvalue weighted by Gasteiger charge is 2.36. The Hall–Kier alpha value is -7.33. The van der Waals surface area contributed by atoms with Gasteiger partial charge in [-0.05, 0) is 303 Å². The summed E-state index contributed by atoms with van der Waals surface area (Å²) in [6, 6.07) is 30.1. The van der Waals surface area contributed by atoms with E-state index in [1.165, 1.54) is 198 Å². The fraction of sp³-hybridized carbons (Fsp3) is 0.711. The van der Waals surface area contributed by atoms with Gasteiger partial charge in [0.1, 0.15) is 16.8 Å². The maximum atomic E-state index is 12.8. The summed E-state index contributed by atoms with van der Waals surface area (Å²) in [5.41, 5.74) is 9.21. The normalized spacial score (nSPS) is 19.9. The molecule has 15 heterocycles. The van der Waals surface area contributed by atoms with Crippen molar-refractivity contribution in [2.75, 3.05) is 290 Å². The zero-order valence-corrected chi connectivity index (χ0v) is 100. The first kappa shape index (κ1) is 126. The Bertz CT molecular complexity index is 4650. The average Bonchev–Trinajstić information content (AvgIpc) is 1.08. The summed E-state index contributed by atoms with van der Waals surface area (Å²) >= 11 is 5.85. The number of imidazole rings is 1. The minimum Gasteiger partial charge on any atom is -0.369 e. The number of benzene rings is 2. The van der Waals surface area contributed by atoms with Gasteiger partial charge in [0.2, 0.25) is 5.91 Å². The lowest BCUT2D eigenvalue weighted by Gasteiger charge is -2.43. The van der Waals surface area contributed by atoms with E-state index in [2.05, 4.69) is 377 Å². The van der Waals surface area contributed by atoms with Crippen LogP contribution in [0, 0.1) is 5.82 Å². The molecule has 0 saturated carbocycles. The van der Waals surface area contributed by atoms with Crippen LogP contribution in [0.15, 0.2) is 159 Å². The number of amides is 1. The molecule has 17 rings (SSSR count). The molecule has 10 fully saturated rings. The van der Waals surface area contributed by atoms with Crippen molar-refractivity contribution in [3.05, 3.63) is 187 Å². The van der Waals surface area contributed by atoms with E-state index in [1.54, 1.807) is 12.4 Å². The van der Waals surface area contributed by atoms with Crippen molar-refractivity contribution in [2.45, 2.75) is 289 Å². The molecule has 0 N–H and O–H groups in total. The molecule has 0 unspecified atom stereocenters. The van der Waals surface area contributed by atoms with Crippen molar-refractivity contribution in [3.63, 3.8) is 0 Å². The first-order chi connectivity index (χ1) is 70.7. The van der Waals surface area contributed by atoms with E-state index in [-0.39, 0.29) is 22.4 Å². The first-order valence-corrected chi connectivity index (χ1v) is 57.6. The van der Waals surface area contributed by atoms with Crippen LogP contribution in [0.1, 0.15) is 230 Å². The highest BCUT2D eigenvalue weighted by atomic mass is 35.5. The van der Waals surface area contributed by atoms with Gasteiger partial charge in [0, 0.05) is 392 Å². The van der Waals surface area contributed by atoms with Crippen LogP contribution in [0.25, 0.3) is 0 Å². The molecule has 0 atom stereocenters. The van der Waals surface area contributed by atoms with E-state index in [4.69, 9.17) is 11.6 Å². The van der Waals surface area contributed by atoms with E-state index in [9.17, 15) is 9.18 Å². The second-order valence-corrected chi connectivity index (χ2v) is 51.8. The van der Waals surface area contributed by atoms with Crippen molar-refractivity contribution >= 4 is 34.7 Å². The molecule has 5 aromatic heterocycles. The molecule has 0 spiro atoms. The molecule has 0 aliphatic carbocycles. The highest BCUT2D eigenvalue weighted by molar-refractivity contribution is 6.29.